The standard InChI is InChI=1S/C20H32N6O.HI/c1-20(2,3)18-15(8-7-13-27-18)14-23-19(21-4)22-11-10-17-25-24-16-9-5-6-12-26(16)17;/h5-6,9,12,15,18H,7-8,10-11,13-14H2,1-4H3,(H2,21,22,23);1H. The second kappa shape index (κ2) is 10.4. The van der Waals surface area contributed by atoms with Crippen LogP contribution in [-0.2, 0) is 11.2 Å². The van der Waals surface area contributed by atoms with Gasteiger partial charge in [0.15, 0.2) is 11.6 Å². The van der Waals surface area contributed by atoms with Crippen molar-refractivity contribution >= 4 is 35.6 Å². The third-order valence-corrected chi connectivity index (χ3v) is 5.08. The molecule has 2 aromatic heterocycles. The number of aromatic nitrogens is 3. The van der Waals surface area contributed by atoms with Crippen LogP contribution in [0.15, 0.2) is 29.4 Å². The molecule has 1 saturated heterocycles. The molecule has 0 bridgehead atoms. The summed E-state index contributed by atoms with van der Waals surface area (Å²) in [6.07, 6.45) is 5.37. The van der Waals surface area contributed by atoms with Gasteiger partial charge in [0.05, 0.1) is 6.10 Å². The van der Waals surface area contributed by atoms with Gasteiger partial charge in [-0.2, -0.15) is 0 Å². The summed E-state index contributed by atoms with van der Waals surface area (Å²) < 4.78 is 8.09. The number of nitrogens with one attached hydrogen (secondary N) is 2. The van der Waals surface area contributed by atoms with E-state index in [0.29, 0.717) is 5.92 Å². The number of guanidine groups is 1. The lowest BCUT2D eigenvalue weighted by atomic mass is 9.78. The van der Waals surface area contributed by atoms with Crippen molar-refractivity contribution in [2.45, 2.75) is 46.1 Å². The van der Waals surface area contributed by atoms with Gasteiger partial charge in [0, 0.05) is 45.3 Å². The fraction of sp³-hybridized carbons (Fsp3) is 0.650. The summed E-state index contributed by atoms with van der Waals surface area (Å²) in [6.45, 7) is 9.26. The molecule has 0 amide bonds. The van der Waals surface area contributed by atoms with Crippen LogP contribution in [0.4, 0.5) is 0 Å². The molecule has 8 heteroatoms. The van der Waals surface area contributed by atoms with Crippen LogP contribution in [0.3, 0.4) is 0 Å². The van der Waals surface area contributed by atoms with Crippen LogP contribution in [0.2, 0.25) is 0 Å². The van der Waals surface area contributed by atoms with E-state index in [9.17, 15) is 0 Å². The normalized spacial score (nSPS) is 20.6. The Hall–Kier alpha value is -1.42. The van der Waals surface area contributed by atoms with Crippen molar-refractivity contribution in [2.75, 3.05) is 26.7 Å². The number of aliphatic imine (C=N–C) groups is 1. The van der Waals surface area contributed by atoms with Gasteiger partial charge in [0.1, 0.15) is 5.82 Å². The topological polar surface area (TPSA) is 75.8 Å². The van der Waals surface area contributed by atoms with E-state index in [0.717, 1.165) is 50.0 Å². The van der Waals surface area contributed by atoms with Crippen LogP contribution in [-0.4, -0.2) is 53.4 Å². The van der Waals surface area contributed by atoms with Crippen LogP contribution < -0.4 is 10.6 Å². The maximum Gasteiger partial charge on any atom is 0.191 e. The Labute approximate surface area is 184 Å². The molecule has 3 rings (SSSR count). The lowest BCUT2D eigenvalue weighted by molar-refractivity contribution is -0.0835. The number of hydrogen-bond donors (Lipinski definition) is 2. The number of hydrogen-bond acceptors (Lipinski definition) is 4. The molecule has 28 heavy (non-hydrogen) atoms. The van der Waals surface area contributed by atoms with E-state index >= 15 is 0 Å². The van der Waals surface area contributed by atoms with E-state index in [1.165, 1.54) is 6.42 Å². The second-order valence-electron chi connectivity index (χ2n) is 8.23. The zero-order valence-corrected chi connectivity index (χ0v) is 19.6. The number of fused-ring (bicyclic) bond motifs is 1. The maximum atomic E-state index is 6.07. The quantitative estimate of drug-likeness (QED) is 0.375. The van der Waals surface area contributed by atoms with Crippen LogP contribution in [0.25, 0.3) is 5.65 Å². The number of pyridine rings is 1. The fourth-order valence-electron chi connectivity index (χ4n) is 3.81. The number of halogens is 1. The third-order valence-electron chi connectivity index (χ3n) is 5.08. The molecule has 2 aromatic rings. The van der Waals surface area contributed by atoms with E-state index in [1.807, 2.05) is 28.8 Å². The Morgan fingerprint density at radius 1 is 1.29 bits per heavy atom. The smallest absolute Gasteiger partial charge is 0.191 e. The first kappa shape index (κ1) is 22.9. The van der Waals surface area contributed by atoms with Crippen molar-refractivity contribution in [3.05, 3.63) is 30.2 Å². The van der Waals surface area contributed by atoms with Crippen LogP contribution in [0, 0.1) is 11.3 Å². The predicted octanol–water partition coefficient (Wildman–Crippen LogP) is 2.90. The summed E-state index contributed by atoms with van der Waals surface area (Å²) in [5, 5.41) is 15.3. The maximum absolute atomic E-state index is 6.07. The summed E-state index contributed by atoms with van der Waals surface area (Å²) in [5.41, 5.74) is 1.03. The van der Waals surface area contributed by atoms with Crippen molar-refractivity contribution < 1.29 is 4.74 Å². The molecule has 1 aliphatic rings. The lowest BCUT2D eigenvalue weighted by Gasteiger charge is -2.40. The largest absolute Gasteiger partial charge is 0.377 e. The zero-order valence-electron chi connectivity index (χ0n) is 17.3. The first-order chi connectivity index (χ1) is 13.0. The van der Waals surface area contributed by atoms with Gasteiger partial charge >= 0.3 is 0 Å². The van der Waals surface area contributed by atoms with E-state index in [2.05, 4.69) is 46.6 Å². The summed E-state index contributed by atoms with van der Waals surface area (Å²) >= 11 is 0. The molecular weight excluding hydrogens is 467 g/mol. The first-order valence-corrected chi connectivity index (χ1v) is 9.84. The second-order valence-corrected chi connectivity index (χ2v) is 8.23. The van der Waals surface area contributed by atoms with Gasteiger partial charge in [-0.15, -0.1) is 34.2 Å². The van der Waals surface area contributed by atoms with Gasteiger partial charge in [-0.3, -0.25) is 9.39 Å². The molecule has 0 radical (unpaired) electrons. The van der Waals surface area contributed by atoms with Crippen LogP contribution >= 0.6 is 24.0 Å². The van der Waals surface area contributed by atoms with Crippen molar-refractivity contribution in [1.82, 2.24) is 25.2 Å². The Bertz CT molecular complexity index is 769. The van der Waals surface area contributed by atoms with Crippen LogP contribution in [0.1, 0.15) is 39.4 Å². The van der Waals surface area contributed by atoms with Crippen molar-refractivity contribution in [1.29, 1.82) is 0 Å². The number of nitrogens with zero attached hydrogens (tertiary/aromatic N) is 4. The Morgan fingerprint density at radius 3 is 2.86 bits per heavy atom. The molecule has 3 heterocycles. The van der Waals surface area contributed by atoms with Crippen molar-refractivity contribution in [3.63, 3.8) is 0 Å². The molecule has 2 unspecified atom stereocenters. The minimum atomic E-state index is 0. The molecule has 1 aliphatic heterocycles. The molecular formula is C20H33IN6O. The summed E-state index contributed by atoms with van der Waals surface area (Å²) in [6, 6.07) is 5.92. The van der Waals surface area contributed by atoms with Gasteiger partial charge in [-0.25, -0.2) is 0 Å². The van der Waals surface area contributed by atoms with E-state index in [1.54, 1.807) is 7.05 Å². The molecule has 0 aliphatic carbocycles. The summed E-state index contributed by atoms with van der Waals surface area (Å²) in [7, 11) is 1.81. The molecule has 2 N–H and O–H groups in total. The third kappa shape index (κ3) is 5.79. The van der Waals surface area contributed by atoms with Gasteiger partial charge in [-0.1, -0.05) is 26.8 Å². The summed E-state index contributed by atoms with van der Waals surface area (Å²) in [5.74, 6) is 2.27. The van der Waals surface area contributed by atoms with Gasteiger partial charge in [0.25, 0.3) is 0 Å². The highest BCUT2D eigenvalue weighted by Gasteiger charge is 2.35. The molecule has 0 saturated carbocycles. The number of ether oxygens (including phenoxy) is 1. The lowest BCUT2D eigenvalue weighted by Crippen LogP contribution is -2.47. The minimum absolute atomic E-state index is 0. The highest BCUT2D eigenvalue weighted by molar-refractivity contribution is 14.0. The first-order valence-electron chi connectivity index (χ1n) is 9.84. The molecule has 1 fully saturated rings. The molecule has 7 nitrogen and oxygen atoms in total. The highest BCUT2D eigenvalue weighted by Crippen LogP contribution is 2.33. The van der Waals surface area contributed by atoms with Crippen molar-refractivity contribution in [2.24, 2.45) is 16.3 Å². The highest BCUT2D eigenvalue weighted by atomic mass is 127. The molecule has 0 aromatic carbocycles. The molecule has 2 atom stereocenters. The Kier molecular flexibility index (Phi) is 8.48. The van der Waals surface area contributed by atoms with Gasteiger partial charge < -0.3 is 15.4 Å². The predicted molar refractivity (Wildman–Crippen MR) is 123 cm³/mol. The zero-order chi connectivity index (χ0) is 19.3. The average molecular weight is 500 g/mol. The van der Waals surface area contributed by atoms with E-state index in [-0.39, 0.29) is 35.5 Å². The SMILES string of the molecule is CN=C(NCCc1nnc2ccccn12)NCC1CCCOC1C(C)(C)C.I. The van der Waals surface area contributed by atoms with Crippen molar-refractivity contribution in [3.8, 4) is 0 Å². The molecule has 156 valence electrons. The van der Waals surface area contributed by atoms with Crippen LogP contribution in [0.5, 0.6) is 0 Å². The Morgan fingerprint density at radius 2 is 2.11 bits per heavy atom. The average Bonchev–Trinajstić information content (AvgIpc) is 3.07. The molecule has 0 spiro atoms. The fourth-order valence-corrected chi connectivity index (χ4v) is 3.81. The van der Waals surface area contributed by atoms with Gasteiger partial charge in [0.2, 0.25) is 0 Å². The monoisotopic (exact) mass is 500 g/mol. The minimum Gasteiger partial charge on any atom is -0.377 e. The Balaban J connectivity index is 0.00000280. The van der Waals surface area contributed by atoms with Gasteiger partial charge in [-0.05, 0) is 30.4 Å². The van der Waals surface area contributed by atoms with E-state index < -0.39 is 0 Å². The van der Waals surface area contributed by atoms with E-state index in [4.69, 9.17) is 4.74 Å². The number of rotatable bonds is 5. The summed E-state index contributed by atoms with van der Waals surface area (Å²) in [4.78, 5) is 4.35.